The molecule has 120 valence electrons. The lowest BCUT2D eigenvalue weighted by Gasteiger charge is -2.35. The number of carbonyl (C=O) groups is 1. The third-order valence-electron chi connectivity index (χ3n) is 3.07. The molecule has 0 saturated carbocycles. The molecule has 1 aliphatic rings. The monoisotopic (exact) mass is 299 g/mol. The molecule has 0 aromatic rings. The van der Waals surface area contributed by atoms with Crippen molar-refractivity contribution in [2.75, 3.05) is 33.0 Å². The summed E-state index contributed by atoms with van der Waals surface area (Å²) in [4.78, 5) is 8.78. The summed E-state index contributed by atoms with van der Waals surface area (Å²) in [6, 6.07) is 0. The van der Waals surface area contributed by atoms with E-state index in [2.05, 4.69) is 20.8 Å². The molecule has 0 aromatic carbocycles. The fraction of sp³-hybridized carbons (Fsp3) is 0.923. The molecule has 0 unspecified atom stereocenters. The largest absolute Gasteiger partial charge is 0.542 e. The second-order valence-electron chi connectivity index (χ2n) is 5.48. The minimum atomic E-state index is -5.19. The molecule has 20 heavy (non-hydrogen) atoms. The number of hydrogen-bond donors (Lipinski definition) is 0. The van der Waals surface area contributed by atoms with Gasteiger partial charge in [0.15, 0.2) is 6.73 Å². The molecule has 0 aliphatic carbocycles. The Hall–Kier alpha value is -0.820. The van der Waals surface area contributed by atoms with Gasteiger partial charge in [-0.2, -0.15) is 13.2 Å². The molecule has 0 bridgehead atoms. The Morgan fingerprint density at radius 1 is 1.30 bits per heavy atom. The van der Waals surface area contributed by atoms with Gasteiger partial charge in [0.2, 0.25) is 0 Å². The van der Waals surface area contributed by atoms with Crippen LogP contribution in [-0.4, -0.2) is 49.6 Å². The molecule has 0 radical (unpaired) electrons. The van der Waals surface area contributed by atoms with Crippen LogP contribution in [0.5, 0.6) is 0 Å². The van der Waals surface area contributed by atoms with Gasteiger partial charge < -0.3 is 19.1 Å². The van der Waals surface area contributed by atoms with Crippen molar-refractivity contribution in [1.82, 2.24) is 0 Å². The van der Waals surface area contributed by atoms with Gasteiger partial charge in [-0.15, -0.1) is 0 Å². The second kappa shape index (κ2) is 8.46. The van der Waals surface area contributed by atoms with Crippen LogP contribution in [0.4, 0.5) is 13.2 Å². The summed E-state index contributed by atoms with van der Waals surface area (Å²) in [5, 5.41) is 8.78. The summed E-state index contributed by atoms with van der Waals surface area (Å²) >= 11 is 0. The molecule has 1 heterocycles. The average Bonchev–Trinajstić information content (AvgIpc) is 2.74. The molecule has 4 nitrogen and oxygen atoms in total. The standard InChI is InChI=1S/C11H24NO.C2HF3O2/c1-4-13-10-12(9-11(2)3)7-5-6-8-12;3-2(4,5)1(6)7/h11H,4-10H2,1-3H3;(H,6,7)/q+1;/p-1. The molecule has 0 spiro atoms. The van der Waals surface area contributed by atoms with Crippen LogP contribution in [0, 0.1) is 5.92 Å². The lowest BCUT2D eigenvalue weighted by atomic mass is 10.2. The zero-order chi connectivity index (χ0) is 15.8. The summed E-state index contributed by atoms with van der Waals surface area (Å²) in [7, 11) is 0. The quantitative estimate of drug-likeness (QED) is 0.724. The van der Waals surface area contributed by atoms with Crippen molar-refractivity contribution in [2.45, 2.75) is 39.8 Å². The number of rotatable bonds is 5. The first-order valence-corrected chi connectivity index (χ1v) is 6.84. The maximum atomic E-state index is 10.5. The van der Waals surface area contributed by atoms with Gasteiger partial charge in [0.1, 0.15) is 5.97 Å². The Bertz CT molecular complexity index is 287. The van der Waals surface area contributed by atoms with Crippen LogP contribution in [0.25, 0.3) is 0 Å². The van der Waals surface area contributed by atoms with Crippen LogP contribution in [0.3, 0.4) is 0 Å². The van der Waals surface area contributed by atoms with Gasteiger partial charge in [0, 0.05) is 25.4 Å². The summed E-state index contributed by atoms with van der Waals surface area (Å²) in [5.41, 5.74) is 0. The number of hydrogen-bond acceptors (Lipinski definition) is 3. The van der Waals surface area contributed by atoms with Gasteiger partial charge in [-0.05, 0) is 6.92 Å². The van der Waals surface area contributed by atoms with E-state index in [4.69, 9.17) is 14.6 Å². The van der Waals surface area contributed by atoms with Crippen LogP contribution in [0.15, 0.2) is 0 Å². The number of quaternary nitrogens is 1. The number of carboxylic acids is 1. The Kier molecular flexibility index (Phi) is 8.12. The first-order chi connectivity index (χ1) is 9.13. The van der Waals surface area contributed by atoms with E-state index in [1.165, 1.54) is 37.0 Å². The number of aliphatic carboxylic acids is 1. The van der Waals surface area contributed by atoms with Gasteiger partial charge >= 0.3 is 6.18 Å². The molecule has 1 rings (SSSR count). The third kappa shape index (κ3) is 7.69. The van der Waals surface area contributed by atoms with Gasteiger partial charge in [0.05, 0.1) is 19.6 Å². The maximum absolute atomic E-state index is 10.5. The highest BCUT2D eigenvalue weighted by atomic mass is 19.4. The summed E-state index contributed by atoms with van der Waals surface area (Å²) in [6.45, 7) is 12.5. The van der Waals surface area contributed by atoms with Crippen LogP contribution in [0.1, 0.15) is 33.6 Å². The molecule has 7 heteroatoms. The van der Waals surface area contributed by atoms with E-state index in [1.807, 2.05) is 0 Å². The highest BCUT2D eigenvalue weighted by Gasteiger charge is 2.32. The Morgan fingerprint density at radius 2 is 1.75 bits per heavy atom. The molecule has 0 N–H and O–H groups in total. The highest BCUT2D eigenvalue weighted by Crippen LogP contribution is 2.21. The van der Waals surface area contributed by atoms with E-state index in [9.17, 15) is 13.2 Å². The molecule has 1 aliphatic heterocycles. The molecule has 0 atom stereocenters. The normalized spacial score (nSPS) is 17.8. The van der Waals surface area contributed by atoms with Crippen LogP contribution >= 0.6 is 0 Å². The van der Waals surface area contributed by atoms with Crippen LogP contribution < -0.4 is 5.11 Å². The van der Waals surface area contributed by atoms with Crippen molar-refractivity contribution in [3.8, 4) is 0 Å². The average molecular weight is 299 g/mol. The minimum Gasteiger partial charge on any atom is -0.542 e. The fourth-order valence-electron chi connectivity index (χ4n) is 2.43. The second-order valence-corrected chi connectivity index (χ2v) is 5.48. The van der Waals surface area contributed by atoms with E-state index in [1.54, 1.807) is 0 Å². The van der Waals surface area contributed by atoms with Crippen LogP contribution in [0.2, 0.25) is 0 Å². The smallest absolute Gasteiger partial charge is 0.430 e. The Labute approximate surface area is 118 Å². The maximum Gasteiger partial charge on any atom is 0.430 e. The molecular formula is C13H24F3NO3. The van der Waals surface area contributed by atoms with Crippen molar-refractivity contribution in [1.29, 1.82) is 0 Å². The van der Waals surface area contributed by atoms with Gasteiger partial charge in [0.25, 0.3) is 0 Å². The fourth-order valence-corrected chi connectivity index (χ4v) is 2.43. The Balaban J connectivity index is 0.000000441. The Morgan fingerprint density at radius 3 is 2.05 bits per heavy atom. The highest BCUT2D eigenvalue weighted by molar-refractivity contribution is 5.70. The first-order valence-electron chi connectivity index (χ1n) is 6.84. The van der Waals surface area contributed by atoms with E-state index in [0.717, 1.165) is 19.3 Å². The lowest BCUT2D eigenvalue weighted by Crippen LogP contribution is -2.49. The van der Waals surface area contributed by atoms with Crippen molar-refractivity contribution in [3.05, 3.63) is 0 Å². The van der Waals surface area contributed by atoms with Crippen molar-refractivity contribution in [2.24, 2.45) is 5.92 Å². The van der Waals surface area contributed by atoms with E-state index < -0.39 is 12.1 Å². The SMILES string of the molecule is CCOC[N+]1(CC(C)C)CCCC1.O=C([O-])C(F)(F)F. The molecule has 0 amide bonds. The van der Waals surface area contributed by atoms with Crippen molar-refractivity contribution in [3.63, 3.8) is 0 Å². The minimum absolute atomic E-state index is 0.790. The van der Waals surface area contributed by atoms with E-state index in [-0.39, 0.29) is 0 Å². The third-order valence-corrected chi connectivity index (χ3v) is 3.07. The summed E-state index contributed by atoms with van der Waals surface area (Å²) < 4.78 is 38.4. The number of carbonyl (C=O) groups excluding carboxylic acids is 1. The molecule has 1 fully saturated rings. The summed E-state index contributed by atoms with van der Waals surface area (Å²) in [5.74, 6) is -2.22. The van der Waals surface area contributed by atoms with Gasteiger partial charge in [-0.25, -0.2) is 0 Å². The van der Waals surface area contributed by atoms with Crippen LogP contribution in [-0.2, 0) is 9.53 Å². The number of ether oxygens (including phenoxy) is 1. The number of carboxylic acid groups (broad SMARTS) is 1. The van der Waals surface area contributed by atoms with Gasteiger partial charge in [-0.1, -0.05) is 13.8 Å². The number of nitrogens with zero attached hydrogens (tertiary/aromatic N) is 1. The first kappa shape index (κ1) is 19.2. The van der Waals surface area contributed by atoms with Crippen molar-refractivity contribution < 1.29 is 32.3 Å². The molecule has 0 aromatic heterocycles. The predicted molar refractivity (Wildman–Crippen MR) is 66.5 cm³/mol. The van der Waals surface area contributed by atoms with Crippen molar-refractivity contribution >= 4 is 5.97 Å². The van der Waals surface area contributed by atoms with Gasteiger partial charge in [-0.3, -0.25) is 0 Å². The topological polar surface area (TPSA) is 49.4 Å². The zero-order valence-corrected chi connectivity index (χ0v) is 12.3. The predicted octanol–water partition coefficient (Wildman–Crippen LogP) is 1.55. The summed E-state index contributed by atoms with van der Waals surface area (Å²) in [6.07, 6.45) is -2.42. The molecule has 1 saturated heterocycles. The number of likely N-dealkylation sites (tertiary alicyclic amines) is 1. The molecular weight excluding hydrogens is 275 g/mol. The van der Waals surface area contributed by atoms with E-state index in [0.29, 0.717) is 0 Å². The van der Waals surface area contributed by atoms with E-state index >= 15 is 0 Å². The zero-order valence-electron chi connectivity index (χ0n) is 12.3. The lowest BCUT2D eigenvalue weighted by molar-refractivity contribution is -0.937. The number of alkyl halides is 3. The number of halogens is 3.